The normalized spacial score (nSPS) is 15.3. The predicted molar refractivity (Wildman–Crippen MR) is 101 cm³/mol. The largest absolute Gasteiger partial charge is 0.390 e. The molecule has 0 amide bonds. The molecule has 0 aliphatic rings. The fraction of sp³-hybridized carbons (Fsp3) is 0.524. The maximum atomic E-state index is 9.58. The van der Waals surface area contributed by atoms with E-state index in [2.05, 4.69) is 43.0 Å². The maximum Gasteiger partial charge on any atom is 0.0833 e. The first-order valence-electron chi connectivity index (χ1n) is 8.79. The average molecular weight is 319 g/mol. The van der Waals surface area contributed by atoms with E-state index in [0.717, 1.165) is 32.1 Å². The van der Waals surface area contributed by atoms with Crippen LogP contribution in [-0.4, -0.2) is 22.4 Å². The molecule has 0 rings (SSSR count). The molecule has 2 nitrogen and oxygen atoms in total. The third-order valence-electron chi connectivity index (χ3n) is 3.50. The van der Waals surface area contributed by atoms with E-state index in [4.69, 9.17) is 0 Å². The van der Waals surface area contributed by atoms with Gasteiger partial charge >= 0.3 is 0 Å². The fourth-order valence-corrected chi connectivity index (χ4v) is 1.98. The Balaban J connectivity index is 3.56. The number of hydrogen-bond acceptors (Lipinski definition) is 2. The van der Waals surface area contributed by atoms with Crippen molar-refractivity contribution in [2.45, 2.75) is 70.5 Å². The monoisotopic (exact) mass is 318 g/mol. The van der Waals surface area contributed by atoms with Crippen molar-refractivity contribution in [3.63, 3.8) is 0 Å². The molecule has 0 aliphatic heterocycles. The van der Waals surface area contributed by atoms with Crippen LogP contribution in [0.1, 0.15) is 58.3 Å². The molecular formula is C21H34O2. The molecule has 0 fully saturated rings. The van der Waals surface area contributed by atoms with E-state index in [1.165, 1.54) is 6.42 Å². The molecule has 0 heterocycles. The van der Waals surface area contributed by atoms with Gasteiger partial charge in [0.25, 0.3) is 0 Å². The van der Waals surface area contributed by atoms with Gasteiger partial charge in [0, 0.05) is 0 Å². The lowest BCUT2D eigenvalue weighted by atomic mass is 10.1. The summed E-state index contributed by atoms with van der Waals surface area (Å²) in [4.78, 5) is 0. The molecule has 0 aliphatic carbocycles. The molecule has 2 N–H and O–H groups in total. The number of unbranched alkanes of at least 4 members (excludes halogenated alkanes) is 2. The van der Waals surface area contributed by atoms with Crippen molar-refractivity contribution in [2.75, 3.05) is 0 Å². The molecular weight excluding hydrogens is 284 g/mol. The standard InChI is InChI=1S/C21H34O2/c1-3-5-6-7-8-9-10-11-12-13-14-15-16-17-18-19-21(23)20(22)4-2/h3,8-9,11-12,14-15,17-18,20-23H,1,4-7,10,13,16,19H2,2H3/b9-8-,12-11-,15-14-,18-17-/t20-,21+/m0/s1. The molecule has 2 atom stereocenters. The summed E-state index contributed by atoms with van der Waals surface area (Å²) in [5, 5.41) is 19.0. The molecule has 0 aromatic rings. The van der Waals surface area contributed by atoms with Crippen LogP contribution in [0.5, 0.6) is 0 Å². The first kappa shape index (κ1) is 21.6. The van der Waals surface area contributed by atoms with Crippen LogP contribution < -0.4 is 0 Å². The van der Waals surface area contributed by atoms with Crippen molar-refractivity contribution in [3.8, 4) is 0 Å². The van der Waals surface area contributed by atoms with E-state index in [1.807, 2.05) is 25.2 Å². The zero-order chi connectivity index (χ0) is 17.2. The number of aliphatic hydroxyl groups excluding tert-OH is 2. The van der Waals surface area contributed by atoms with Gasteiger partial charge in [-0.1, -0.05) is 61.6 Å². The molecule has 0 saturated heterocycles. The van der Waals surface area contributed by atoms with Gasteiger partial charge in [0.05, 0.1) is 12.2 Å². The smallest absolute Gasteiger partial charge is 0.0833 e. The van der Waals surface area contributed by atoms with Gasteiger partial charge in [0.2, 0.25) is 0 Å². The van der Waals surface area contributed by atoms with E-state index in [-0.39, 0.29) is 0 Å². The van der Waals surface area contributed by atoms with Crippen molar-refractivity contribution in [1.29, 1.82) is 0 Å². The Morgan fingerprint density at radius 1 is 0.739 bits per heavy atom. The van der Waals surface area contributed by atoms with Gasteiger partial charge in [-0.25, -0.2) is 0 Å². The Hall–Kier alpha value is -1.38. The van der Waals surface area contributed by atoms with Gasteiger partial charge in [-0.3, -0.25) is 0 Å². The maximum absolute atomic E-state index is 9.58. The Kier molecular flexibility index (Phi) is 16.0. The summed E-state index contributed by atoms with van der Waals surface area (Å²) >= 11 is 0. The van der Waals surface area contributed by atoms with Crippen LogP contribution in [0.2, 0.25) is 0 Å². The molecule has 0 aromatic heterocycles. The SMILES string of the molecule is C=CCCC/C=C\C/C=C\C/C=C\C/C=C\C[C@@H](O)[C@@H](O)CC. The summed E-state index contributed by atoms with van der Waals surface area (Å²) in [6, 6.07) is 0. The minimum absolute atomic E-state index is 0.516. The quantitative estimate of drug-likeness (QED) is 0.339. The van der Waals surface area contributed by atoms with Gasteiger partial charge in [0.1, 0.15) is 0 Å². The van der Waals surface area contributed by atoms with Crippen LogP contribution in [0.3, 0.4) is 0 Å². The molecule has 0 saturated carbocycles. The third kappa shape index (κ3) is 15.3. The summed E-state index contributed by atoms with van der Waals surface area (Å²) in [5.74, 6) is 0. The van der Waals surface area contributed by atoms with Crippen LogP contribution >= 0.6 is 0 Å². The first-order chi connectivity index (χ1) is 11.2. The second kappa shape index (κ2) is 17.0. The predicted octanol–water partition coefficient (Wildman–Crippen LogP) is 5.26. The first-order valence-corrected chi connectivity index (χ1v) is 8.79. The summed E-state index contributed by atoms with van der Waals surface area (Å²) in [6.07, 6.45) is 25.1. The third-order valence-corrected chi connectivity index (χ3v) is 3.50. The van der Waals surface area contributed by atoms with E-state index in [0.29, 0.717) is 12.8 Å². The van der Waals surface area contributed by atoms with E-state index in [9.17, 15) is 10.2 Å². The summed E-state index contributed by atoms with van der Waals surface area (Å²) in [5.41, 5.74) is 0. The van der Waals surface area contributed by atoms with Gasteiger partial charge in [-0.05, 0) is 51.4 Å². The van der Waals surface area contributed by atoms with Crippen LogP contribution in [0.15, 0.2) is 61.3 Å². The van der Waals surface area contributed by atoms with Crippen LogP contribution in [-0.2, 0) is 0 Å². The van der Waals surface area contributed by atoms with Gasteiger partial charge in [-0.2, -0.15) is 0 Å². The van der Waals surface area contributed by atoms with Gasteiger partial charge in [0.15, 0.2) is 0 Å². The van der Waals surface area contributed by atoms with Crippen molar-refractivity contribution in [1.82, 2.24) is 0 Å². The molecule has 23 heavy (non-hydrogen) atoms. The highest BCUT2D eigenvalue weighted by Crippen LogP contribution is 2.04. The van der Waals surface area contributed by atoms with Gasteiger partial charge < -0.3 is 10.2 Å². The number of allylic oxidation sites excluding steroid dienone is 8. The van der Waals surface area contributed by atoms with E-state index in [1.54, 1.807) is 0 Å². The molecule has 0 radical (unpaired) electrons. The number of aliphatic hydroxyl groups is 2. The lowest BCUT2D eigenvalue weighted by Gasteiger charge is -2.13. The molecule has 0 bridgehead atoms. The summed E-state index contributed by atoms with van der Waals surface area (Å²) in [7, 11) is 0. The van der Waals surface area contributed by atoms with Crippen molar-refractivity contribution in [3.05, 3.63) is 61.3 Å². The number of rotatable bonds is 14. The zero-order valence-corrected chi connectivity index (χ0v) is 14.6. The zero-order valence-electron chi connectivity index (χ0n) is 14.6. The van der Waals surface area contributed by atoms with Crippen LogP contribution in [0.4, 0.5) is 0 Å². The molecule has 2 heteroatoms. The highest BCUT2D eigenvalue weighted by Gasteiger charge is 2.11. The Labute approximate surface area is 142 Å². The highest BCUT2D eigenvalue weighted by atomic mass is 16.3. The Morgan fingerprint density at radius 2 is 1.26 bits per heavy atom. The highest BCUT2D eigenvalue weighted by molar-refractivity contribution is 4.99. The van der Waals surface area contributed by atoms with Crippen molar-refractivity contribution >= 4 is 0 Å². The van der Waals surface area contributed by atoms with Crippen molar-refractivity contribution in [2.24, 2.45) is 0 Å². The topological polar surface area (TPSA) is 40.5 Å². The van der Waals surface area contributed by atoms with Crippen LogP contribution in [0.25, 0.3) is 0 Å². The summed E-state index contributed by atoms with van der Waals surface area (Å²) < 4.78 is 0. The molecule has 130 valence electrons. The Bertz CT molecular complexity index is 377. The molecule has 0 spiro atoms. The van der Waals surface area contributed by atoms with E-state index >= 15 is 0 Å². The second-order valence-electron chi connectivity index (χ2n) is 5.59. The number of hydrogen-bond donors (Lipinski definition) is 2. The summed E-state index contributed by atoms with van der Waals surface area (Å²) in [6.45, 7) is 5.58. The lowest BCUT2D eigenvalue weighted by molar-refractivity contribution is 0.0197. The fourth-order valence-electron chi connectivity index (χ4n) is 1.98. The molecule has 0 unspecified atom stereocenters. The van der Waals surface area contributed by atoms with Crippen LogP contribution in [0, 0.1) is 0 Å². The van der Waals surface area contributed by atoms with E-state index < -0.39 is 12.2 Å². The van der Waals surface area contributed by atoms with Gasteiger partial charge in [-0.15, -0.1) is 6.58 Å². The van der Waals surface area contributed by atoms with Crippen molar-refractivity contribution < 1.29 is 10.2 Å². The Morgan fingerprint density at radius 3 is 1.78 bits per heavy atom. The minimum atomic E-state index is -0.645. The average Bonchev–Trinajstić information content (AvgIpc) is 2.57. The molecule has 0 aromatic carbocycles. The second-order valence-corrected chi connectivity index (χ2v) is 5.59. The minimum Gasteiger partial charge on any atom is -0.390 e. The lowest BCUT2D eigenvalue weighted by Crippen LogP contribution is -2.23.